The molecular formula is C36H21NS. The average molecular weight is 500 g/mol. The van der Waals surface area contributed by atoms with Gasteiger partial charge in [0.1, 0.15) is 0 Å². The molecule has 0 aliphatic carbocycles. The second-order valence-electron chi connectivity index (χ2n) is 10.1. The van der Waals surface area contributed by atoms with E-state index in [1.54, 1.807) is 0 Å². The predicted octanol–water partition coefficient (Wildman–Crippen LogP) is 10.6. The smallest absolute Gasteiger partial charge is 0.0726 e. The van der Waals surface area contributed by atoms with E-state index >= 15 is 0 Å². The molecule has 0 aliphatic rings. The lowest BCUT2D eigenvalue weighted by atomic mass is 9.98. The Hall–Kier alpha value is -4.66. The Kier molecular flexibility index (Phi) is 3.99. The maximum Gasteiger partial charge on any atom is 0.0726 e. The molecule has 0 radical (unpaired) electrons. The van der Waals surface area contributed by atoms with Crippen LogP contribution in [0.2, 0.25) is 0 Å². The van der Waals surface area contributed by atoms with Crippen LogP contribution in [0.3, 0.4) is 0 Å². The summed E-state index contributed by atoms with van der Waals surface area (Å²) in [6.45, 7) is 0. The van der Waals surface area contributed by atoms with Gasteiger partial charge in [0, 0.05) is 31.6 Å². The molecule has 2 heteroatoms. The molecule has 0 N–H and O–H groups in total. The molecule has 9 rings (SSSR count). The lowest BCUT2D eigenvalue weighted by molar-refractivity contribution is 1.21. The maximum atomic E-state index is 2.55. The number of para-hydroxylation sites is 1. The van der Waals surface area contributed by atoms with Crippen LogP contribution < -0.4 is 0 Å². The van der Waals surface area contributed by atoms with Gasteiger partial charge in [-0.3, -0.25) is 0 Å². The van der Waals surface area contributed by atoms with E-state index in [9.17, 15) is 0 Å². The van der Waals surface area contributed by atoms with E-state index in [0.29, 0.717) is 0 Å². The Labute approximate surface area is 222 Å². The molecule has 0 unspecified atom stereocenters. The van der Waals surface area contributed by atoms with Gasteiger partial charge < -0.3 is 4.57 Å². The number of benzene rings is 7. The Bertz CT molecular complexity index is 2400. The van der Waals surface area contributed by atoms with Crippen LogP contribution in [-0.4, -0.2) is 4.57 Å². The van der Waals surface area contributed by atoms with Crippen LogP contribution >= 0.6 is 11.3 Å². The molecule has 0 spiro atoms. The molecule has 1 nitrogen and oxygen atoms in total. The Morgan fingerprint density at radius 3 is 1.84 bits per heavy atom. The van der Waals surface area contributed by atoms with Gasteiger partial charge in [-0.2, -0.15) is 0 Å². The Morgan fingerprint density at radius 2 is 1.03 bits per heavy atom. The van der Waals surface area contributed by atoms with Crippen molar-refractivity contribution in [3.63, 3.8) is 0 Å². The van der Waals surface area contributed by atoms with Gasteiger partial charge in [0.2, 0.25) is 0 Å². The Morgan fingerprint density at radius 1 is 0.447 bits per heavy atom. The SMILES string of the molecule is c1ccc2c(c1)cc(-n1c3ccccc3c3c4ccccc4c4c5ccccc5sc4c31)c1ccccc12. The number of aromatic nitrogens is 1. The quantitative estimate of drug-likeness (QED) is 0.198. The minimum absolute atomic E-state index is 1.24. The van der Waals surface area contributed by atoms with Crippen molar-refractivity contribution in [3.8, 4) is 5.69 Å². The van der Waals surface area contributed by atoms with Crippen molar-refractivity contribution in [2.45, 2.75) is 0 Å². The van der Waals surface area contributed by atoms with Crippen molar-refractivity contribution in [2.75, 3.05) is 0 Å². The van der Waals surface area contributed by atoms with Crippen molar-refractivity contribution < 1.29 is 0 Å². The predicted molar refractivity (Wildman–Crippen MR) is 166 cm³/mol. The third kappa shape index (κ3) is 2.55. The molecule has 0 saturated carbocycles. The van der Waals surface area contributed by atoms with Crippen molar-refractivity contribution >= 4 is 85.6 Å². The zero-order chi connectivity index (χ0) is 24.8. The van der Waals surface area contributed by atoms with E-state index in [4.69, 9.17) is 0 Å². The van der Waals surface area contributed by atoms with Crippen molar-refractivity contribution in [3.05, 3.63) is 127 Å². The fourth-order valence-corrected chi connectivity index (χ4v) is 7.85. The number of rotatable bonds is 1. The molecule has 7 aromatic carbocycles. The van der Waals surface area contributed by atoms with E-state index in [0.717, 1.165) is 0 Å². The molecule has 9 aromatic rings. The van der Waals surface area contributed by atoms with Gasteiger partial charge in [-0.15, -0.1) is 11.3 Å². The standard InChI is InChI=1S/C36H21NS/c1-2-12-23-22(11-1)21-31(25-14-4-3-13-24(23)25)37-30-19-9-7-17-28(30)33-26-15-5-6-16-27(26)34-29-18-8-10-20-32(29)38-36(34)35(33)37/h1-21H. The molecule has 0 fully saturated rings. The van der Waals surface area contributed by atoms with Crippen LogP contribution in [0.25, 0.3) is 80.0 Å². The highest BCUT2D eigenvalue weighted by Crippen LogP contribution is 2.48. The normalized spacial score (nSPS) is 12.2. The summed E-state index contributed by atoms with van der Waals surface area (Å²) in [6, 6.07) is 46.8. The van der Waals surface area contributed by atoms with Gasteiger partial charge in [-0.1, -0.05) is 109 Å². The van der Waals surface area contributed by atoms with E-state index in [1.165, 1.54) is 80.0 Å². The monoisotopic (exact) mass is 499 g/mol. The molecule has 2 heterocycles. The minimum atomic E-state index is 1.24. The van der Waals surface area contributed by atoms with Gasteiger partial charge in [0.05, 0.1) is 21.4 Å². The summed E-state index contributed by atoms with van der Waals surface area (Å²) in [7, 11) is 0. The summed E-state index contributed by atoms with van der Waals surface area (Å²) < 4.78 is 5.23. The second-order valence-corrected chi connectivity index (χ2v) is 11.1. The van der Waals surface area contributed by atoms with Crippen LogP contribution in [0, 0.1) is 0 Å². The number of hydrogen-bond donors (Lipinski definition) is 0. The van der Waals surface area contributed by atoms with Gasteiger partial charge >= 0.3 is 0 Å². The van der Waals surface area contributed by atoms with Crippen LogP contribution in [0.5, 0.6) is 0 Å². The molecule has 0 bridgehead atoms. The summed E-state index contributed by atoms with van der Waals surface area (Å²) in [6.07, 6.45) is 0. The molecule has 176 valence electrons. The van der Waals surface area contributed by atoms with Crippen molar-refractivity contribution in [2.24, 2.45) is 0 Å². The van der Waals surface area contributed by atoms with E-state index in [2.05, 4.69) is 132 Å². The highest BCUT2D eigenvalue weighted by molar-refractivity contribution is 7.27. The first-order valence-electron chi connectivity index (χ1n) is 13.0. The summed E-state index contributed by atoms with van der Waals surface area (Å²) in [5, 5.41) is 13.1. The van der Waals surface area contributed by atoms with Gasteiger partial charge in [0.15, 0.2) is 0 Å². The number of nitrogens with zero attached hydrogens (tertiary/aromatic N) is 1. The summed E-state index contributed by atoms with van der Waals surface area (Å²) in [4.78, 5) is 0. The summed E-state index contributed by atoms with van der Waals surface area (Å²) >= 11 is 1.92. The van der Waals surface area contributed by atoms with Crippen LogP contribution in [0.15, 0.2) is 127 Å². The van der Waals surface area contributed by atoms with E-state index in [1.807, 2.05) is 11.3 Å². The third-order valence-corrected chi connectivity index (χ3v) is 9.32. The third-order valence-electron chi connectivity index (χ3n) is 8.14. The lowest BCUT2D eigenvalue weighted by Gasteiger charge is -2.15. The first-order chi connectivity index (χ1) is 18.9. The van der Waals surface area contributed by atoms with Crippen LogP contribution in [0.1, 0.15) is 0 Å². The summed E-state index contributed by atoms with van der Waals surface area (Å²) in [5.41, 5.74) is 3.79. The van der Waals surface area contributed by atoms with Gasteiger partial charge in [-0.25, -0.2) is 0 Å². The van der Waals surface area contributed by atoms with E-state index in [-0.39, 0.29) is 0 Å². The largest absolute Gasteiger partial charge is 0.307 e. The molecule has 0 amide bonds. The fourth-order valence-electron chi connectivity index (χ4n) is 6.60. The molecule has 38 heavy (non-hydrogen) atoms. The second kappa shape index (κ2) is 7.44. The lowest BCUT2D eigenvalue weighted by Crippen LogP contribution is -1.96. The average Bonchev–Trinajstić information content (AvgIpc) is 3.54. The fraction of sp³-hybridized carbons (Fsp3) is 0. The van der Waals surface area contributed by atoms with Gasteiger partial charge in [0.25, 0.3) is 0 Å². The first-order valence-corrected chi connectivity index (χ1v) is 13.9. The summed E-state index contributed by atoms with van der Waals surface area (Å²) in [5.74, 6) is 0. The Balaban J connectivity index is 1.63. The number of thiophene rings is 1. The van der Waals surface area contributed by atoms with Crippen LogP contribution in [-0.2, 0) is 0 Å². The zero-order valence-electron chi connectivity index (χ0n) is 20.5. The maximum absolute atomic E-state index is 2.55. The van der Waals surface area contributed by atoms with Crippen molar-refractivity contribution in [1.29, 1.82) is 0 Å². The topological polar surface area (TPSA) is 4.93 Å². The zero-order valence-corrected chi connectivity index (χ0v) is 21.3. The van der Waals surface area contributed by atoms with Crippen molar-refractivity contribution in [1.82, 2.24) is 4.57 Å². The first kappa shape index (κ1) is 20.4. The van der Waals surface area contributed by atoms with Gasteiger partial charge in [-0.05, 0) is 45.1 Å². The minimum Gasteiger partial charge on any atom is -0.307 e. The molecular weight excluding hydrogens is 478 g/mol. The number of hydrogen-bond acceptors (Lipinski definition) is 1. The number of fused-ring (bicyclic) bond motifs is 13. The highest BCUT2D eigenvalue weighted by atomic mass is 32.1. The highest BCUT2D eigenvalue weighted by Gasteiger charge is 2.22. The molecule has 0 aliphatic heterocycles. The molecule has 2 aromatic heterocycles. The van der Waals surface area contributed by atoms with Crippen LogP contribution in [0.4, 0.5) is 0 Å². The van der Waals surface area contributed by atoms with E-state index < -0.39 is 0 Å². The molecule has 0 saturated heterocycles. The molecule has 0 atom stereocenters.